The van der Waals surface area contributed by atoms with Gasteiger partial charge in [0.2, 0.25) is 11.8 Å². The summed E-state index contributed by atoms with van der Waals surface area (Å²) in [6, 6.07) is 5.96. The van der Waals surface area contributed by atoms with Gasteiger partial charge in [0, 0.05) is 32.2 Å². The van der Waals surface area contributed by atoms with Crippen LogP contribution in [0.25, 0.3) is 0 Å². The molecule has 0 bridgehead atoms. The maximum absolute atomic E-state index is 12.8. The second-order valence-corrected chi connectivity index (χ2v) is 5.64. The van der Waals surface area contributed by atoms with Gasteiger partial charge in [-0.1, -0.05) is 12.1 Å². The third-order valence-electron chi connectivity index (χ3n) is 4.00. The summed E-state index contributed by atoms with van der Waals surface area (Å²) in [6.45, 7) is 3.94. The van der Waals surface area contributed by atoms with E-state index < -0.39 is 0 Å². The molecule has 2 rings (SSSR count). The molecule has 0 atom stereocenters. The molecule has 1 aromatic carbocycles. The molecule has 2 amide bonds. The molecule has 1 aliphatic rings. The number of hydrogen-bond acceptors (Lipinski definition) is 3. The summed E-state index contributed by atoms with van der Waals surface area (Å²) in [7, 11) is 0. The third kappa shape index (κ3) is 5.32. The minimum atomic E-state index is -0.306. The average Bonchev–Trinajstić information content (AvgIpc) is 2.59. The normalized spacial score (nSPS) is 15.2. The average molecular weight is 322 g/mol. The monoisotopic (exact) mass is 322 g/mol. The molecule has 0 spiro atoms. The van der Waals surface area contributed by atoms with Crippen LogP contribution >= 0.6 is 0 Å². The maximum atomic E-state index is 12.8. The van der Waals surface area contributed by atoms with Gasteiger partial charge in [-0.15, -0.1) is 0 Å². The summed E-state index contributed by atoms with van der Waals surface area (Å²) in [5.74, 6) is -0.544. The van der Waals surface area contributed by atoms with Crippen molar-refractivity contribution in [2.24, 2.45) is 5.92 Å². The summed E-state index contributed by atoms with van der Waals surface area (Å²) >= 11 is 0. The van der Waals surface area contributed by atoms with E-state index in [-0.39, 0.29) is 30.1 Å². The number of rotatable bonds is 6. The Balaban J connectivity index is 1.81. The number of likely N-dealkylation sites (N-methyl/N-ethyl adjacent to an activating group) is 1. The Labute approximate surface area is 135 Å². The van der Waals surface area contributed by atoms with Crippen molar-refractivity contribution >= 4 is 11.8 Å². The Morgan fingerprint density at radius 2 is 1.91 bits per heavy atom. The summed E-state index contributed by atoms with van der Waals surface area (Å²) < 4.78 is 18.1. The second kappa shape index (κ2) is 8.62. The fourth-order valence-corrected chi connectivity index (χ4v) is 2.58. The van der Waals surface area contributed by atoms with E-state index in [0.29, 0.717) is 39.1 Å². The molecule has 5 nitrogen and oxygen atoms in total. The van der Waals surface area contributed by atoms with Crippen molar-refractivity contribution in [3.05, 3.63) is 35.6 Å². The number of halogens is 1. The minimum Gasteiger partial charge on any atom is -0.381 e. The first kappa shape index (κ1) is 17.4. The fraction of sp³-hybridized carbons (Fsp3) is 0.529. The Morgan fingerprint density at radius 3 is 2.52 bits per heavy atom. The lowest BCUT2D eigenvalue weighted by Crippen LogP contribution is -2.44. The topological polar surface area (TPSA) is 58.6 Å². The highest BCUT2D eigenvalue weighted by Crippen LogP contribution is 2.17. The number of amides is 2. The predicted octanol–water partition coefficient (Wildman–Crippen LogP) is 1.72. The highest BCUT2D eigenvalue weighted by Gasteiger charge is 2.26. The Bertz CT molecular complexity index is 527. The van der Waals surface area contributed by atoms with E-state index in [1.807, 2.05) is 6.92 Å². The van der Waals surface area contributed by atoms with Crippen LogP contribution in [0.4, 0.5) is 4.39 Å². The van der Waals surface area contributed by atoms with Crippen molar-refractivity contribution in [2.45, 2.75) is 26.3 Å². The van der Waals surface area contributed by atoms with E-state index in [1.165, 1.54) is 12.1 Å². The summed E-state index contributed by atoms with van der Waals surface area (Å²) in [6.07, 6.45) is 1.43. The first-order chi connectivity index (χ1) is 11.1. The molecule has 1 fully saturated rings. The number of carbonyl (C=O) groups excluding carboxylic acids is 2. The summed E-state index contributed by atoms with van der Waals surface area (Å²) in [5.41, 5.74) is 0.818. The van der Waals surface area contributed by atoms with Crippen molar-refractivity contribution in [3.63, 3.8) is 0 Å². The SMILES string of the molecule is CCN(CC(=O)NCc1ccc(F)cc1)C(=O)C1CCOCC1. The highest BCUT2D eigenvalue weighted by molar-refractivity contribution is 5.85. The molecule has 126 valence electrons. The van der Waals surface area contributed by atoms with Gasteiger partial charge in [0.1, 0.15) is 5.82 Å². The van der Waals surface area contributed by atoms with E-state index in [2.05, 4.69) is 5.32 Å². The predicted molar refractivity (Wildman–Crippen MR) is 84.0 cm³/mol. The van der Waals surface area contributed by atoms with Crippen molar-refractivity contribution in [1.29, 1.82) is 0 Å². The van der Waals surface area contributed by atoms with Gasteiger partial charge in [-0.05, 0) is 37.5 Å². The fourth-order valence-electron chi connectivity index (χ4n) is 2.58. The summed E-state index contributed by atoms with van der Waals surface area (Å²) in [5, 5.41) is 2.76. The van der Waals surface area contributed by atoms with Gasteiger partial charge in [0.15, 0.2) is 0 Å². The van der Waals surface area contributed by atoms with Gasteiger partial charge in [0.05, 0.1) is 6.54 Å². The first-order valence-corrected chi connectivity index (χ1v) is 7.97. The van der Waals surface area contributed by atoms with Crippen molar-refractivity contribution in [2.75, 3.05) is 26.3 Å². The van der Waals surface area contributed by atoms with Crippen LogP contribution in [-0.2, 0) is 20.9 Å². The van der Waals surface area contributed by atoms with Gasteiger partial charge < -0.3 is 15.0 Å². The van der Waals surface area contributed by atoms with Crippen molar-refractivity contribution < 1.29 is 18.7 Å². The molecule has 0 aromatic heterocycles. The molecule has 1 aromatic rings. The molecule has 1 aliphatic heterocycles. The Kier molecular flexibility index (Phi) is 6.52. The molecule has 1 heterocycles. The van der Waals surface area contributed by atoms with Crippen LogP contribution < -0.4 is 5.32 Å². The van der Waals surface area contributed by atoms with E-state index in [9.17, 15) is 14.0 Å². The molecular formula is C17H23FN2O3. The quantitative estimate of drug-likeness (QED) is 0.867. The zero-order valence-electron chi connectivity index (χ0n) is 13.4. The Morgan fingerprint density at radius 1 is 1.26 bits per heavy atom. The number of carbonyl (C=O) groups is 2. The molecule has 0 saturated carbocycles. The van der Waals surface area contributed by atoms with E-state index in [4.69, 9.17) is 4.74 Å². The number of hydrogen-bond donors (Lipinski definition) is 1. The lowest BCUT2D eigenvalue weighted by atomic mass is 9.98. The van der Waals surface area contributed by atoms with Gasteiger partial charge >= 0.3 is 0 Å². The summed E-state index contributed by atoms with van der Waals surface area (Å²) in [4.78, 5) is 26.0. The second-order valence-electron chi connectivity index (χ2n) is 5.64. The molecule has 0 unspecified atom stereocenters. The van der Waals surface area contributed by atoms with Crippen LogP contribution in [0.1, 0.15) is 25.3 Å². The molecule has 23 heavy (non-hydrogen) atoms. The lowest BCUT2D eigenvalue weighted by Gasteiger charge is -2.28. The standard InChI is InChI=1S/C17H23FN2O3/c1-2-20(17(22)14-7-9-23-10-8-14)12-16(21)19-11-13-3-5-15(18)6-4-13/h3-6,14H,2,7-12H2,1H3,(H,19,21). The molecule has 1 saturated heterocycles. The molecule has 1 N–H and O–H groups in total. The van der Waals surface area contributed by atoms with Gasteiger partial charge in [0.25, 0.3) is 0 Å². The van der Waals surface area contributed by atoms with Crippen molar-refractivity contribution in [3.8, 4) is 0 Å². The van der Waals surface area contributed by atoms with Crippen LogP contribution in [0.15, 0.2) is 24.3 Å². The number of nitrogens with zero attached hydrogens (tertiary/aromatic N) is 1. The molecule has 0 radical (unpaired) electrons. The van der Waals surface area contributed by atoms with Crippen LogP contribution in [0.5, 0.6) is 0 Å². The van der Waals surface area contributed by atoms with Crippen LogP contribution in [0.3, 0.4) is 0 Å². The zero-order chi connectivity index (χ0) is 16.7. The Hall–Kier alpha value is -1.95. The van der Waals surface area contributed by atoms with Crippen molar-refractivity contribution in [1.82, 2.24) is 10.2 Å². The van der Waals surface area contributed by atoms with Gasteiger partial charge in [-0.3, -0.25) is 9.59 Å². The van der Waals surface area contributed by atoms with E-state index in [0.717, 1.165) is 5.56 Å². The van der Waals surface area contributed by atoms with Gasteiger partial charge in [-0.2, -0.15) is 0 Å². The molecular weight excluding hydrogens is 299 g/mol. The van der Waals surface area contributed by atoms with Crippen LogP contribution in [0.2, 0.25) is 0 Å². The van der Waals surface area contributed by atoms with Crippen LogP contribution in [0, 0.1) is 11.7 Å². The first-order valence-electron chi connectivity index (χ1n) is 7.97. The minimum absolute atomic E-state index is 0.0210. The highest BCUT2D eigenvalue weighted by atomic mass is 19.1. The third-order valence-corrected chi connectivity index (χ3v) is 4.00. The number of nitrogens with one attached hydrogen (secondary N) is 1. The molecule has 0 aliphatic carbocycles. The number of benzene rings is 1. The largest absolute Gasteiger partial charge is 0.381 e. The van der Waals surface area contributed by atoms with Gasteiger partial charge in [-0.25, -0.2) is 4.39 Å². The van der Waals surface area contributed by atoms with E-state index in [1.54, 1.807) is 17.0 Å². The van der Waals surface area contributed by atoms with Crippen LogP contribution in [-0.4, -0.2) is 43.0 Å². The maximum Gasteiger partial charge on any atom is 0.239 e. The zero-order valence-corrected chi connectivity index (χ0v) is 13.4. The molecule has 6 heteroatoms. The smallest absolute Gasteiger partial charge is 0.239 e. The van der Waals surface area contributed by atoms with E-state index >= 15 is 0 Å². The lowest BCUT2D eigenvalue weighted by molar-refractivity contribution is -0.141. The number of ether oxygens (including phenoxy) is 1.